The van der Waals surface area contributed by atoms with Gasteiger partial charge in [-0.05, 0) is 42.8 Å². The molecule has 1 aromatic carbocycles. The number of benzene rings is 1. The molecule has 9 heteroatoms. The van der Waals surface area contributed by atoms with Crippen molar-refractivity contribution in [2.75, 3.05) is 5.32 Å². The zero-order valence-electron chi connectivity index (χ0n) is 15.6. The van der Waals surface area contributed by atoms with Crippen molar-refractivity contribution >= 4 is 45.6 Å². The third-order valence-corrected chi connectivity index (χ3v) is 5.78. The van der Waals surface area contributed by atoms with Crippen molar-refractivity contribution < 1.29 is 4.79 Å². The topological polar surface area (TPSA) is 76.9 Å². The number of rotatable bonds is 4. The molecule has 0 aliphatic rings. The lowest BCUT2D eigenvalue weighted by atomic mass is 10.2. The first kappa shape index (κ1) is 20.3. The van der Waals surface area contributed by atoms with E-state index in [9.17, 15) is 9.59 Å². The normalized spacial score (nSPS) is 10.8. The van der Waals surface area contributed by atoms with Gasteiger partial charge in [0.25, 0.3) is 11.5 Å². The zero-order chi connectivity index (χ0) is 21.3. The number of amides is 1. The Morgan fingerprint density at radius 3 is 2.70 bits per heavy atom. The Morgan fingerprint density at radius 2 is 1.93 bits per heavy atom. The second-order valence-electron chi connectivity index (χ2n) is 6.36. The van der Waals surface area contributed by atoms with E-state index in [4.69, 9.17) is 23.2 Å². The average molecular weight is 457 g/mol. The summed E-state index contributed by atoms with van der Waals surface area (Å²) in [6.45, 7) is 1.82. The van der Waals surface area contributed by atoms with Crippen molar-refractivity contribution in [1.82, 2.24) is 14.5 Å². The standard InChI is InChI=1S/C21H14Cl2N4O2S/c1-12-15(23)3-2-4-18(12)27-10-13(5-8-19(27)28)20(29)26-21-25-17(11-30-21)16-7-6-14(22)9-24-16/h2-11H,1H3,(H,25,26,29). The molecule has 0 saturated carbocycles. The van der Waals surface area contributed by atoms with Crippen LogP contribution in [0.5, 0.6) is 0 Å². The zero-order valence-corrected chi connectivity index (χ0v) is 17.9. The molecule has 6 nitrogen and oxygen atoms in total. The Hall–Kier alpha value is -3.00. The highest BCUT2D eigenvalue weighted by molar-refractivity contribution is 7.14. The van der Waals surface area contributed by atoms with Crippen LogP contribution in [0.1, 0.15) is 15.9 Å². The van der Waals surface area contributed by atoms with Gasteiger partial charge < -0.3 is 0 Å². The van der Waals surface area contributed by atoms with E-state index in [1.54, 1.807) is 35.7 Å². The molecule has 30 heavy (non-hydrogen) atoms. The predicted molar refractivity (Wildman–Crippen MR) is 120 cm³/mol. The Morgan fingerprint density at radius 1 is 1.10 bits per heavy atom. The van der Waals surface area contributed by atoms with Crippen LogP contribution in [0, 0.1) is 6.92 Å². The number of thiazole rings is 1. The summed E-state index contributed by atoms with van der Waals surface area (Å²) < 4.78 is 1.40. The van der Waals surface area contributed by atoms with E-state index in [-0.39, 0.29) is 11.5 Å². The highest BCUT2D eigenvalue weighted by Crippen LogP contribution is 2.25. The van der Waals surface area contributed by atoms with Crippen LogP contribution in [-0.2, 0) is 0 Å². The lowest BCUT2D eigenvalue weighted by Gasteiger charge is -2.11. The maximum Gasteiger partial charge on any atom is 0.258 e. The number of carbonyl (C=O) groups is 1. The molecule has 3 aromatic heterocycles. The van der Waals surface area contributed by atoms with Gasteiger partial charge in [0.1, 0.15) is 5.69 Å². The van der Waals surface area contributed by atoms with Crippen molar-refractivity contribution in [1.29, 1.82) is 0 Å². The second-order valence-corrected chi connectivity index (χ2v) is 8.07. The number of carbonyl (C=O) groups excluding carboxylic acids is 1. The summed E-state index contributed by atoms with van der Waals surface area (Å²) in [7, 11) is 0. The monoisotopic (exact) mass is 456 g/mol. The van der Waals surface area contributed by atoms with Gasteiger partial charge in [0, 0.05) is 28.9 Å². The van der Waals surface area contributed by atoms with E-state index >= 15 is 0 Å². The van der Waals surface area contributed by atoms with Crippen LogP contribution < -0.4 is 10.9 Å². The first-order valence-electron chi connectivity index (χ1n) is 8.79. The molecule has 1 N–H and O–H groups in total. The number of nitrogens with zero attached hydrogens (tertiary/aromatic N) is 3. The third-order valence-electron chi connectivity index (χ3n) is 4.39. The molecule has 0 fully saturated rings. The first-order valence-corrected chi connectivity index (χ1v) is 10.4. The Labute approximate surface area is 185 Å². The summed E-state index contributed by atoms with van der Waals surface area (Å²) >= 11 is 13.3. The van der Waals surface area contributed by atoms with Gasteiger partial charge in [-0.25, -0.2) is 4.98 Å². The number of hydrogen-bond acceptors (Lipinski definition) is 5. The van der Waals surface area contributed by atoms with Crippen molar-refractivity contribution in [3.05, 3.63) is 91.8 Å². The molecule has 1 amide bonds. The summed E-state index contributed by atoms with van der Waals surface area (Å²) in [5.74, 6) is -0.381. The minimum Gasteiger partial charge on any atom is -0.298 e. The molecule has 0 saturated heterocycles. The quantitative estimate of drug-likeness (QED) is 0.456. The lowest BCUT2D eigenvalue weighted by Crippen LogP contribution is -2.21. The lowest BCUT2D eigenvalue weighted by molar-refractivity contribution is 0.102. The highest BCUT2D eigenvalue weighted by Gasteiger charge is 2.13. The summed E-state index contributed by atoms with van der Waals surface area (Å²) in [6.07, 6.45) is 3.03. The van der Waals surface area contributed by atoms with Crippen LogP contribution in [0.4, 0.5) is 5.13 Å². The van der Waals surface area contributed by atoms with E-state index in [0.717, 1.165) is 5.56 Å². The molecule has 0 radical (unpaired) electrons. The van der Waals surface area contributed by atoms with Gasteiger partial charge in [-0.1, -0.05) is 29.3 Å². The van der Waals surface area contributed by atoms with Gasteiger partial charge >= 0.3 is 0 Å². The Balaban J connectivity index is 1.60. The molecule has 3 heterocycles. The molecular weight excluding hydrogens is 443 g/mol. The fourth-order valence-corrected chi connectivity index (χ4v) is 3.79. The molecule has 150 valence electrons. The van der Waals surface area contributed by atoms with Crippen molar-refractivity contribution in [3.8, 4) is 17.1 Å². The molecule has 0 aliphatic carbocycles. The number of hydrogen-bond donors (Lipinski definition) is 1. The molecule has 4 rings (SSSR count). The van der Waals surface area contributed by atoms with Gasteiger partial charge in [-0.3, -0.25) is 24.5 Å². The first-order chi connectivity index (χ1) is 14.4. The van der Waals surface area contributed by atoms with Gasteiger partial charge in [-0.2, -0.15) is 0 Å². The Kier molecular flexibility index (Phi) is 5.67. The number of anilines is 1. The van der Waals surface area contributed by atoms with E-state index in [1.807, 2.05) is 6.92 Å². The number of pyridine rings is 2. The Bertz CT molecular complexity index is 1300. The molecule has 0 unspecified atom stereocenters. The summed E-state index contributed by atoms with van der Waals surface area (Å²) in [4.78, 5) is 33.7. The van der Waals surface area contributed by atoms with Crippen LogP contribution in [0.15, 0.2) is 65.0 Å². The molecule has 0 atom stereocenters. The van der Waals surface area contributed by atoms with Gasteiger partial charge in [0.2, 0.25) is 0 Å². The van der Waals surface area contributed by atoms with E-state index in [1.165, 1.54) is 40.4 Å². The van der Waals surface area contributed by atoms with Crippen molar-refractivity contribution in [3.63, 3.8) is 0 Å². The van der Waals surface area contributed by atoms with Crippen LogP contribution in [0.3, 0.4) is 0 Å². The van der Waals surface area contributed by atoms with Crippen molar-refractivity contribution in [2.45, 2.75) is 6.92 Å². The largest absolute Gasteiger partial charge is 0.298 e. The highest BCUT2D eigenvalue weighted by atomic mass is 35.5. The number of halogens is 2. The van der Waals surface area contributed by atoms with Gasteiger partial charge in [0.05, 0.1) is 22.0 Å². The van der Waals surface area contributed by atoms with Crippen LogP contribution in [-0.4, -0.2) is 20.4 Å². The van der Waals surface area contributed by atoms with Crippen LogP contribution >= 0.6 is 34.5 Å². The molecule has 4 aromatic rings. The maximum absolute atomic E-state index is 12.7. The third kappa shape index (κ3) is 4.14. The van der Waals surface area contributed by atoms with Gasteiger partial charge in [0.15, 0.2) is 5.13 Å². The van der Waals surface area contributed by atoms with Gasteiger partial charge in [-0.15, -0.1) is 11.3 Å². The summed E-state index contributed by atoms with van der Waals surface area (Å²) in [5, 5.41) is 6.05. The fraction of sp³-hybridized carbons (Fsp3) is 0.0476. The minimum atomic E-state index is -0.381. The van der Waals surface area contributed by atoms with E-state index in [0.29, 0.717) is 37.8 Å². The van der Waals surface area contributed by atoms with Crippen LogP contribution in [0.25, 0.3) is 17.1 Å². The van der Waals surface area contributed by atoms with E-state index in [2.05, 4.69) is 15.3 Å². The molecular formula is C21H14Cl2N4O2S. The minimum absolute atomic E-state index is 0.262. The van der Waals surface area contributed by atoms with E-state index < -0.39 is 0 Å². The maximum atomic E-state index is 12.7. The summed E-state index contributed by atoms with van der Waals surface area (Å²) in [5.41, 5.74) is 2.71. The fourth-order valence-electron chi connectivity index (χ4n) is 2.81. The molecule has 0 bridgehead atoms. The van der Waals surface area contributed by atoms with Crippen molar-refractivity contribution in [2.24, 2.45) is 0 Å². The molecule has 0 aliphatic heterocycles. The SMILES string of the molecule is Cc1c(Cl)cccc1-n1cc(C(=O)Nc2nc(-c3ccc(Cl)cn3)cs2)ccc1=O. The number of aromatic nitrogens is 3. The number of nitrogens with one attached hydrogen (secondary N) is 1. The summed E-state index contributed by atoms with van der Waals surface area (Å²) in [6, 6.07) is 11.6. The molecule has 0 spiro atoms. The second kappa shape index (κ2) is 8.39. The van der Waals surface area contributed by atoms with Crippen LogP contribution in [0.2, 0.25) is 10.0 Å². The average Bonchev–Trinajstić information content (AvgIpc) is 3.19. The predicted octanol–water partition coefficient (Wildman–Crippen LogP) is 5.22. The smallest absolute Gasteiger partial charge is 0.258 e.